The van der Waals surface area contributed by atoms with Crippen LogP contribution in [0.25, 0.3) is 11.1 Å². The Labute approximate surface area is 171 Å². The molecule has 5 N–H and O–H groups in total. The fraction of sp³-hybridized carbons (Fsp3) is 0.136. The zero-order chi connectivity index (χ0) is 21.3. The molecule has 8 heteroatoms. The summed E-state index contributed by atoms with van der Waals surface area (Å²) in [4.78, 5) is 0. The van der Waals surface area contributed by atoms with Gasteiger partial charge in [-0.15, -0.1) is 0 Å². The lowest BCUT2D eigenvalue weighted by Crippen LogP contribution is -2.32. The average molecular weight is 412 g/mol. The second-order valence-electron chi connectivity index (χ2n) is 6.96. The van der Waals surface area contributed by atoms with Crippen molar-refractivity contribution < 1.29 is 17.9 Å². The van der Waals surface area contributed by atoms with Crippen molar-refractivity contribution in [1.29, 1.82) is 0 Å². The Bertz CT molecular complexity index is 1130. The number of nitrogens with two attached hydrogens (primary N) is 2. The van der Waals surface area contributed by atoms with E-state index in [0.29, 0.717) is 30.5 Å². The second-order valence-corrected chi connectivity index (χ2v) is 6.96. The number of fused-ring (bicyclic) bond motifs is 1. The highest BCUT2D eigenvalue weighted by atomic mass is 19.2. The van der Waals surface area contributed by atoms with Crippen LogP contribution < -0.4 is 21.8 Å². The van der Waals surface area contributed by atoms with Gasteiger partial charge in [-0.3, -0.25) is 0 Å². The Kier molecular flexibility index (Phi) is 5.33. The Morgan fingerprint density at radius 2 is 1.73 bits per heavy atom. The van der Waals surface area contributed by atoms with Crippen LogP contribution in [0.3, 0.4) is 0 Å². The quantitative estimate of drug-likeness (QED) is 0.200. The Hall–Kier alpha value is -3.52. The highest BCUT2D eigenvalue weighted by molar-refractivity contribution is 5.99. The summed E-state index contributed by atoms with van der Waals surface area (Å²) in [6.07, 6.45) is 0.367. The predicted molar refractivity (Wildman–Crippen MR) is 108 cm³/mol. The van der Waals surface area contributed by atoms with Crippen molar-refractivity contribution in [3.05, 3.63) is 88.7 Å². The fourth-order valence-corrected chi connectivity index (χ4v) is 3.61. The molecule has 5 nitrogen and oxygen atoms in total. The first kappa shape index (κ1) is 19.8. The smallest absolute Gasteiger partial charge is 0.166 e. The Morgan fingerprint density at radius 1 is 0.967 bits per heavy atom. The molecule has 0 spiro atoms. The number of hydrazine groups is 1. The molecule has 0 aliphatic carbocycles. The van der Waals surface area contributed by atoms with E-state index in [1.54, 1.807) is 6.07 Å². The van der Waals surface area contributed by atoms with Gasteiger partial charge < -0.3 is 16.0 Å². The molecule has 0 fully saturated rings. The molecule has 0 saturated heterocycles. The van der Waals surface area contributed by atoms with Crippen LogP contribution in [-0.2, 0) is 6.42 Å². The van der Waals surface area contributed by atoms with Crippen molar-refractivity contribution in [1.82, 2.24) is 5.43 Å². The lowest BCUT2D eigenvalue weighted by atomic mass is 9.94. The minimum absolute atomic E-state index is 0.0132. The average Bonchev–Trinajstić information content (AvgIpc) is 2.76. The van der Waals surface area contributed by atoms with E-state index in [9.17, 15) is 13.2 Å². The molecule has 0 aromatic heterocycles. The van der Waals surface area contributed by atoms with Crippen LogP contribution in [0.5, 0.6) is 5.75 Å². The van der Waals surface area contributed by atoms with Crippen LogP contribution in [-0.4, -0.2) is 5.84 Å². The lowest BCUT2D eigenvalue weighted by molar-refractivity contribution is 0.171. The first-order valence-corrected chi connectivity index (χ1v) is 9.29. The van der Waals surface area contributed by atoms with Crippen LogP contribution in [0.4, 0.5) is 13.2 Å². The third-order valence-electron chi connectivity index (χ3n) is 5.13. The van der Waals surface area contributed by atoms with Gasteiger partial charge in [0.15, 0.2) is 17.5 Å². The minimum atomic E-state index is -1.22. The number of rotatable bonds is 3. The van der Waals surface area contributed by atoms with E-state index in [1.165, 1.54) is 0 Å². The van der Waals surface area contributed by atoms with E-state index in [-0.39, 0.29) is 5.56 Å². The topological polar surface area (TPSA) is 85.7 Å². The number of hydrogen-bond acceptors (Lipinski definition) is 4. The Balaban J connectivity index is 1.61. The highest BCUT2D eigenvalue weighted by Gasteiger charge is 2.25. The number of benzene rings is 3. The molecule has 1 unspecified atom stereocenters. The molecule has 4 rings (SSSR count). The maximum absolute atomic E-state index is 14.1. The van der Waals surface area contributed by atoms with E-state index in [2.05, 4.69) is 10.5 Å². The summed E-state index contributed by atoms with van der Waals surface area (Å²) in [6.45, 7) is 0. The summed E-state index contributed by atoms with van der Waals surface area (Å²) in [5, 5.41) is 3.62. The first-order chi connectivity index (χ1) is 14.5. The largest absolute Gasteiger partial charge is 0.485 e. The maximum atomic E-state index is 14.1. The van der Waals surface area contributed by atoms with Gasteiger partial charge in [-0.2, -0.15) is 5.10 Å². The van der Waals surface area contributed by atoms with Gasteiger partial charge in [0.05, 0.1) is 0 Å². The van der Waals surface area contributed by atoms with Crippen molar-refractivity contribution in [2.45, 2.75) is 18.9 Å². The van der Waals surface area contributed by atoms with Gasteiger partial charge in [-0.1, -0.05) is 24.3 Å². The molecule has 0 bridgehead atoms. The van der Waals surface area contributed by atoms with Crippen LogP contribution in [0, 0.1) is 17.5 Å². The summed E-state index contributed by atoms with van der Waals surface area (Å²) in [6, 6.07) is 14.6. The van der Waals surface area contributed by atoms with Crippen LogP contribution >= 0.6 is 0 Å². The zero-order valence-corrected chi connectivity index (χ0v) is 15.8. The summed E-state index contributed by atoms with van der Waals surface area (Å²) in [5.74, 6) is 8.59. The summed E-state index contributed by atoms with van der Waals surface area (Å²) in [7, 11) is 0. The van der Waals surface area contributed by atoms with Crippen LogP contribution in [0.15, 0.2) is 59.7 Å². The number of halogens is 3. The first-order valence-electron chi connectivity index (χ1n) is 9.29. The summed E-state index contributed by atoms with van der Waals surface area (Å²) >= 11 is 0. The number of hydrazone groups is 1. The molecule has 1 heterocycles. The number of hydrogen-bond donors (Lipinski definition) is 3. The molecular formula is C22H19F3N4O. The molecule has 0 saturated carbocycles. The van der Waals surface area contributed by atoms with Gasteiger partial charge in [-0.25, -0.2) is 19.0 Å². The van der Waals surface area contributed by atoms with Gasteiger partial charge in [0.2, 0.25) is 0 Å². The molecule has 30 heavy (non-hydrogen) atoms. The van der Waals surface area contributed by atoms with Crippen molar-refractivity contribution in [2.75, 3.05) is 0 Å². The molecule has 3 aromatic rings. The number of nitrogens with zero attached hydrogens (tertiary/aromatic N) is 1. The van der Waals surface area contributed by atoms with Gasteiger partial charge in [0.25, 0.3) is 0 Å². The van der Waals surface area contributed by atoms with E-state index in [1.807, 2.05) is 36.4 Å². The summed E-state index contributed by atoms with van der Waals surface area (Å²) < 4.78 is 46.8. The molecule has 1 atom stereocenters. The maximum Gasteiger partial charge on any atom is 0.166 e. The van der Waals surface area contributed by atoms with Crippen LogP contribution in [0.1, 0.15) is 29.2 Å². The SMILES string of the molecule is N/N=C(\NN)c1cccc(-c2ccc3c(c2)CCC(c2cc(F)c(F)cc2F)O3)c1. The molecule has 1 aliphatic heterocycles. The lowest BCUT2D eigenvalue weighted by Gasteiger charge is -2.27. The Morgan fingerprint density at radius 3 is 2.50 bits per heavy atom. The van der Waals surface area contributed by atoms with E-state index in [4.69, 9.17) is 16.4 Å². The third kappa shape index (κ3) is 3.69. The van der Waals surface area contributed by atoms with E-state index < -0.39 is 23.6 Å². The third-order valence-corrected chi connectivity index (χ3v) is 5.13. The van der Waals surface area contributed by atoms with E-state index >= 15 is 0 Å². The minimum Gasteiger partial charge on any atom is -0.485 e. The number of nitrogens with one attached hydrogen (secondary N) is 1. The zero-order valence-electron chi connectivity index (χ0n) is 15.8. The molecule has 0 amide bonds. The molecule has 0 radical (unpaired) electrons. The van der Waals surface area contributed by atoms with Gasteiger partial charge in [-0.05, 0) is 53.8 Å². The second kappa shape index (κ2) is 8.08. The molecule has 3 aromatic carbocycles. The number of aryl methyl sites for hydroxylation is 1. The van der Waals surface area contributed by atoms with Crippen molar-refractivity contribution in [3.8, 4) is 16.9 Å². The van der Waals surface area contributed by atoms with Gasteiger partial charge >= 0.3 is 0 Å². The standard InChI is InChI=1S/C22H19F3N4O/c23-17-11-19(25)18(24)10-16(17)21-7-5-14-8-13(4-6-20(14)30-21)12-2-1-3-15(9-12)22(28-26)29-27/h1-4,6,8-11,21H,5,7,26-27H2,(H,28,29). The molecule has 154 valence electrons. The van der Waals surface area contributed by atoms with Crippen molar-refractivity contribution in [2.24, 2.45) is 16.8 Å². The molecular weight excluding hydrogens is 393 g/mol. The van der Waals surface area contributed by atoms with Crippen molar-refractivity contribution in [3.63, 3.8) is 0 Å². The van der Waals surface area contributed by atoms with Crippen molar-refractivity contribution >= 4 is 5.84 Å². The summed E-state index contributed by atoms with van der Waals surface area (Å²) in [5.41, 5.74) is 6.03. The molecule has 1 aliphatic rings. The predicted octanol–water partition coefficient (Wildman–Crippen LogP) is 3.92. The highest BCUT2D eigenvalue weighted by Crippen LogP contribution is 2.38. The monoisotopic (exact) mass is 412 g/mol. The normalized spacial score (nSPS) is 16.0. The number of ether oxygens (including phenoxy) is 1. The number of amidine groups is 1. The van der Waals surface area contributed by atoms with Gasteiger partial charge in [0, 0.05) is 17.2 Å². The van der Waals surface area contributed by atoms with Crippen LogP contribution in [0.2, 0.25) is 0 Å². The van der Waals surface area contributed by atoms with Gasteiger partial charge in [0.1, 0.15) is 17.7 Å². The fourth-order valence-electron chi connectivity index (χ4n) is 3.61. The van der Waals surface area contributed by atoms with E-state index in [0.717, 1.165) is 28.3 Å².